The van der Waals surface area contributed by atoms with Gasteiger partial charge in [-0.25, -0.2) is 0 Å². The molecule has 0 aromatic rings. The van der Waals surface area contributed by atoms with Gasteiger partial charge in [-0.2, -0.15) is 0 Å². The third kappa shape index (κ3) is 22.6. The van der Waals surface area contributed by atoms with Gasteiger partial charge < -0.3 is 66.0 Å². The van der Waals surface area contributed by atoms with E-state index in [0.29, 0.717) is 14.7 Å². The standard InChI is InChI=1S/C37H57N7O21/c45-26(6-3-23(35(60)61)42(17-29(48)49)18-30(50)51)39-12-2-13-41(28(47)8-5-25(37(64)65)44(21-33(56)57)22-34(58)59)16-15-40(11-1-9-38-10-14-39)27(46)7-4-24(36(62)63)43(19-31(52)53)20-32(54)55/h23-25,38H,1-22H2,(H,48,49)(H,50,51)(H,52,53)(H,54,55)(H,56,57)(H,58,59)(H,60,61)(H,62,63)(H,64,65). The van der Waals surface area contributed by atoms with Crippen LogP contribution in [-0.4, -0.2) is 257 Å². The van der Waals surface area contributed by atoms with Crippen LogP contribution in [0.5, 0.6) is 0 Å². The first kappa shape index (κ1) is 56.5. The van der Waals surface area contributed by atoms with Crippen LogP contribution in [0.15, 0.2) is 0 Å². The minimum absolute atomic E-state index is 0.00238. The van der Waals surface area contributed by atoms with E-state index in [-0.39, 0.29) is 65.2 Å². The summed E-state index contributed by atoms with van der Waals surface area (Å²) < 4.78 is 0. The summed E-state index contributed by atoms with van der Waals surface area (Å²) in [6.45, 7) is -6.05. The highest BCUT2D eigenvalue weighted by Crippen LogP contribution is 2.15. The second-order valence-electron chi connectivity index (χ2n) is 14.9. The number of nitrogens with zero attached hydrogens (tertiary/aromatic N) is 6. The van der Waals surface area contributed by atoms with E-state index in [9.17, 15) is 103 Å². The summed E-state index contributed by atoms with van der Waals surface area (Å²) in [5, 5.41) is 88.0. The normalized spacial score (nSPS) is 15.6. The monoisotopic (exact) mass is 935 g/mol. The van der Waals surface area contributed by atoms with Gasteiger partial charge in [0.15, 0.2) is 0 Å². The van der Waals surface area contributed by atoms with Crippen molar-refractivity contribution in [3.05, 3.63) is 0 Å². The second kappa shape index (κ2) is 29.0. The molecule has 0 aromatic heterocycles. The largest absolute Gasteiger partial charge is 0.480 e. The van der Waals surface area contributed by atoms with Gasteiger partial charge in [0.25, 0.3) is 0 Å². The van der Waals surface area contributed by atoms with Gasteiger partial charge in [0.1, 0.15) is 18.1 Å². The van der Waals surface area contributed by atoms with E-state index >= 15 is 0 Å². The number of carboxylic acid groups (broad SMARTS) is 9. The molecule has 0 aromatic carbocycles. The highest BCUT2D eigenvalue weighted by Gasteiger charge is 2.33. The molecule has 10 N–H and O–H groups in total. The Balaban J connectivity index is 3.43. The van der Waals surface area contributed by atoms with Gasteiger partial charge in [-0.1, -0.05) is 0 Å². The van der Waals surface area contributed by atoms with Crippen molar-refractivity contribution in [2.75, 3.05) is 91.6 Å². The Morgan fingerprint density at radius 3 is 0.892 bits per heavy atom. The molecule has 28 heteroatoms. The molecular weight excluding hydrogens is 878 g/mol. The maximum absolute atomic E-state index is 13.8. The van der Waals surface area contributed by atoms with Gasteiger partial charge >= 0.3 is 53.7 Å². The molecule has 65 heavy (non-hydrogen) atoms. The summed E-state index contributed by atoms with van der Waals surface area (Å²) in [6, 6.07) is -5.10. The van der Waals surface area contributed by atoms with E-state index in [2.05, 4.69) is 5.32 Å². The van der Waals surface area contributed by atoms with Crippen LogP contribution in [-0.2, 0) is 57.5 Å². The average molecular weight is 936 g/mol. The Morgan fingerprint density at radius 1 is 0.369 bits per heavy atom. The number of carbonyl (C=O) groups excluding carboxylic acids is 3. The van der Waals surface area contributed by atoms with Crippen LogP contribution in [0.25, 0.3) is 0 Å². The van der Waals surface area contributed by atoms with Crippen LogP contribution in [0.3, 0.4) is 0 Å². The average Bonchev–Trinajstić information content (AvgIpc) is 3.16. The number of rotatable bonds is 27. The zero-order chi connectivity index (χ0) is 49.4. The van der Waals surface area contributed by atoms with E-state index in [1.165, 1.54) is 14.7 Å². The zero-order valence-corrected chi connectivity index (χ0v) is 35.4. The van der Waals surface area contributed by atoms with Crippen LogP contribution < -0.4 is 5.32 Å². The van der Waals surface area contributed by atoms with Crippen molar-refractivity contribution in [2.45, 2.75) is 69.5 Å². The molecule has 0 saturated carbocycles. The van der Waals surface area contributed by atoms with Crippen LogP contribution in [0, 0.1) is 0 Å². The zero-order valence-electron chi connectivity index (χ0n) is 35.4. The lowest BCUT2D eigenvalue weighted by molar-refractivity contribution is -0.152. The van der Waals surface area contributed by atoms with Crippen molar-refractivity contribution in [1.29, 1.82) is 0 Å². The van der Waals surface area contributed by atoms with Gasteiger partial charge in [-0.3, -0.25) is 72.2 Å². The van der Waals surface area contributed by atoms with Crippen LogP contribution in [0.1, 0.15) is 51.4 Å². The molecule has 0 spiro atoms. The van der Waals surface area contributed by atoms with Crippen molar-refractivity contribution in [2.24, 2.45) is 0 Å². The minimum atomic E-state index is -1.75. The van der Waals surface area contributed by atoms with Crippen LogP contribution in [0.2, 0.25) is 0 Å². The fraction of sp³-hybridized carbons (Fsp3) is 0.676. The van der Waals surface area contributed by atoms with Crippen molar-refractivity contribution in [3.63, 3.8) is 0 Å². The molecule has 1 aliphatic rings. The molecule has 3 amide bonds. The Morgan fingerprint density at radius 2 is 0.631 bits per heavy atom. The van der Waals surface area contributed by atoms with Crippen LogP contribution >= 0.6 is 0 Å². The summed E-state index contributed by atoms with van der Waals surface area (Å²) in [7, 11) is 0. The van der Waals surface area contributed by atoms with Gasteiger partial charge in [-0.05, 0) is 38.6 Å². The second-order valence-corrected chi connectivity index (χ2v) is 14.9. The number of carboxylic acids is 9. The summed E-state index contributed by atoms with van der Waals surface area (Å²) in [6.07, 6.45) is -2.80. The van der Waals surface area contributed by atoms with E-state index in [1.54, 1.807) is 0 Å². The molecule has 1 fully saturated rings. The Labute approximate surface area is 370 Å². The number of hydrogen-bond donors (Lipinski definition) is 10. The third-order valence-corrected chi connectivity index (χ3v) is 10.00. The summed E-state index contributed by atoms with van der Waals surface area (Å²) >= 11 is 0. The fourth-order valence-corrected chi connectivity index (χ4v) is 7.02. The number of nitrogens with one attached hydrogen (secondary N) is 1. The molecule has 0 aliphatic carbocycles. The topological polar surface area (TPSA) is 418 Å². The van der Waals surface area contributed by atoms with Gasteiger partial charge in [0.05, 0.1) is 39.3 Å². The molecular formula is C37H57N7O21. The third-order valence-electron chi connectivity index (χ3n) is 10.00. The highest BCUT2D eigenvalue weighted by molar-refractivity contribution is 5.83. The summed E-state index contributed by atoms with van der Waals surface area (Å²) in [4.78, 5) is 151. The van der Waals surface area contributed by atoms with Crippen molar-refractivity contribution in [3.8, 4) is 0 Å². The Bertz CT molecular complexity index is 1680. The predicted molar refractivity (Wildman–Crippen MR) is 214 cm³/mol. The number of aliphatic carboxylic acids is 9. The lowest BCUT2D eigenvalue weighted by Gasteiger charge is -2.32. The van der Waals surface area contributed by atoms with E-state index in [1.807, 2.05) is 0 Å². The van der Waals surface area contributed by atoms with Gasteiger partial charge in [-0.15, -0.1) is 0 Å². The van der Waals surface area contributed by atoms with E-state index in [0.717, 1.165) is 0 Å². The maximum Gasteiger partial charge on any atom is 0.320 e. The Hall–Kier alpha value is -6.52. The Kier molecular flexibility index (Phi) is 25.2. The SMILES string of the molecule is O=C(O)CN(CC(=O)O)C(CCC(=O)N1CCCN(C(=O)CCC(C(=O)O)N(CC(=O)O)CC(=O)O)CCN(C(=O)CCC(C(=O)O)N(CC(=O)O)CC(=O)O)CCCNCC1)C(=O)O. The van der Waals surface area contributed by atoms with E-state index < -0.39 is 167 Å². The molecule has 3 atom stereocenters. The molecule has 0 radical (unpaired) electrons. The van der Waals surface area contributed by atoms with Gasteiger partial charge in [0.2, 0.25) is 17.7 Å². The van der Waals surface area contributed by atoms with Crippen molar-refractivity contribution in [1.82, 2.24) is 34.7 Å². The summed E-state index contributed by atoms with van der Waals surface area (Å²) in [5.74, 6) is -15.9. The number of amides is 3. The first-order chi connectivity index (χ1) is 30.4. The van der Waals surface area contributed by atoms with Crippen molar-refractivity contribution >= 4 is 71.4 Å². The molecule has 1 heterocycles. The lowest BCUT2D eigenvalue weighted by atomic mass is 10.1. The predicted octanol–water partition coefficient (Wildman–Crippen LogP) is -4.03. The molecule has 1 rings (SSSR count). The maximum atomic E-state index is 13.8. The van der Waals surface area contributed by atoms with Gasteiger partial charge in [0, 0.05) is 65.1 Å². The lowest BCUT2D eigenvalue weighted by Crippen LogP contribution is -2.48. The highest BCUT2D eigenvalue weighted by atomic mass is 16.4. The number of carbonyl (C=O) groups is 12. The van der Waals surface area contributed by atoms with Crippen molar-refractivity contribution < 1.29 is 103 Å². The molecule has 1 aliphatic heterocycles. The molecule has 1 saturated heterocycles. The number of hydrogen-bond acceptors (Lipinski definition) is 16. The smallest absolute Gasteiger partial charge is 0.320 e. The molecule has 366 valence electrons. The quantitative estimate of drug-likeness (QED) is 0.0375. The first-order valence-electron chi connectivity index (χ1n) is 20.2. The molecule has 28 nitrogen and oxygen atoms in total. The van der Waals surface area contributed by atoms with Crippen LogP contribution in [0.4, 0.5) is 0 Å². The first-order valence-corrected chi connectivity index (χ1v) is 20.2. The minimum Gasteiger partial charge on any atom is -0.480 e. The summed E-state index contributed by atoms with van der Waals surface area (Å²) in [5.41, 5.74) is 0. The van der Waals surface area contributed by atoms with E-state index in [4.69, 9.17) is 0 Å². The fourth-order valence-electron chi connectivity index (χ4n) is 7.02. The molecule has 0 bridgehead atoms. The molecule has 3 unspecified atom stereocenters.